The molecule has 0 amide bonds. The summed E-state index contributed by atoms with van der Waals surface area (Å²) in [5.41, 5.74) is 12.3. The maximum absolute atomic E-state index is 5.79. The number of imidazole rings is 1. The molecule has 112 valence electrons. The van der Waals surface area contributed by atoms with Gasteiger partial charge in [0, 0.05) is 24.5 Å². The lowest BCUT2D eigenvalue weighted by Gasteiger charge is -2.18. The molecule has 5 nitrogen and oxygen atoms in total. The summed E-state index contributed by atoms with van der Waals surface area (Å²) in [7, 11) is 0. The Kier molecular flexibility index (Phi) is 3.11. The van der Waals surface area contributed by atoms with Crippen LogP contribution in [0.25, 0.3) is 11.0 Å². The molecule has 4 rings (SSSR count). The molecule has 0 radical (unpaired) electrons. The van der Waals surface area contributed by atoms with E-state index in [4.69, 9.17) is 5.73 Å². The first-order valence-electron chi connectivity index (χ1n) is 7.63. The van der Waals surface area contributed by atoms with Crippen molar-refractivity contribution in [1.29, 1.82) is 0 Å². The first kappa shape index (κ1) is 13.0. The van der Waals surface area contributed by atoms with Gasteiger partial charge in [-0.25, -0.2) is 4.98 Å². The number of aromatic amines is 1. The number of aromatic nitrogens is 2. The number of nitrogens with two attached hydrogens (primary N) is 1. The van der Waals surface area contributed by atoms with E-state index in [1.165, 1.54) is 29.7 Å². The second-order valence-corrected chi connectivity index (χ2v) is 5.74. The second-order valence-electron chi connectivity index (χ2n) is 5.74. The molecular formula is C17H19N5. The fourth-order valence-electron chi connectivity index (χ4n) is 2.91. The topological polar surface area (TPSA) is 78.8 Å². The van der Waals surface area contributed by atoms with E-state index in [1.807, 2.05) is 18.2 Å². The van der Waals surface area contributed by atoms with Crippen molar-refractivity contribution >= 4 is 28.4 Å². The van der Waals surface area contributed by atoms with Gasteiger partial charge in [-0.1, -0.05) is 12.1 Å². The number of nitrogens with zero attached hydrogens (tertiary/aromatic N) is 1. The van der Waals surface area contributed by atoms with Crippen LogP contribution in [0, 0.1) is 0 Å². The molecule has 0 unspecified atom stereocenters. The normalized spacial score (nSPS) is 13.6. The van der Waals surface area contributed by atoms with E-state index in [-0.39, 0.29) is 0 Å². The van der Waals surface area contributed by atoms with Gasteiger partial charge in [-0.3, -0.25) is 0 Å². The fraction of sp³-hybridized carbons (Fsp3) is 0.235. The molecular weight excluding hydrogens is 274 g/mol. The Morgan fingerprint density at radius 2 is 2.14 bits per heavy atom. The lowest BCUT2D eigenvalue weighted by Crippen LogP contribution is -2.12. The summed E-state index contributed by atoms with van der Waals surface area (Å²) >= 11 is 0. The third-order valence-corrected chi connectivity index (χ3v) is 4.08. The lowest BCUT2D eigenvalue weighted by molar-refractivity contribution is 0.828. The van der Waals surface area contributed by atoms with Crippen molar-refractivity contribution in [3.63, 3.8) is 0 Å². The Balaban J connectivity index is 1.51. The van der Waals surface area contributed by atoms with E-state index in [0.29, 0.717) is 0 Å². The molecule has 3 aromatic rings. The minimum absolute atomic E-state index is 0.739. The van der Waals surface area contributed by atoms with Gasteiger partial charge in [0.2, 0.25) is 5.95 Å². The highest BCUT2D eigenvalue weighted by Gasteiger charge is 2.09. The molecule has 0 spiro atoms. The average molecular weight is 293 g/mol. The Morgan fingerprint density at radius 1 is 1.18 bits per heavy atom. The van der Waals surface area contributed by atoms with Gasteiger partial charge in [-0.05, 0) is 48.2 Å². The maximum Gasteiger partial charge on any atom is 0.201 e. The van der Waals surface area contributed by atoms with Crippen LogP contribution < -0.4 is 16.4 Å². The minimum Gasteiger partial charge on any atom is -0.399 e. The number of aryl methyl sites for hydroxylation is 1. The highest BCUT2D eigenvalue weighted by molar-refractivity contribution is 5.80. The summed E-state index contributed by atoms with van der Waals surface area (Å²) in [6.07, 6.45) is 2.38. The molecule has 5 N–H and O–H groups in total. The number of hydrogen-bond donors (Lipinski definition) is 4. The summed E-state index contributed by atoms with van der Waals surface area (Å²) < 4.78 is 0. The van der Waals surface area contributed by atoms with Gasteiger partial charge in [-0.15, -0.1) is 0 Å². The van der Waals surface area contributed by atoms with Gasteiger partial charge in [-0.2, -0.15) is 0 Å². The van der Waals surface area contributed by atoms with Crippen molar-refractivity contribution in [2.75, 3.05) is 22.9 Å². The largest absolute Gasteiger partial charge is 0.399 e. The summed E-state index contributed by atoms with van der Waals surface area (Å²) in [6, 6.07) is 12.3. The number of rotatable bonds is 3. The number of anilines is 3. The number of nitrogen functional groups attached to an aromatic ring is 1. The van der Waals surface area contributed by atoms with E-state index in [9.17, 15) is 0 Å². The molecule has 1 aromatic heterocycles. The van der Waals surface area contributed by atoms with E-state index < -0.39 is 0 Å². The van der Waals surface area contributed by atoms with Crippen molar-refractivity contribution in [1.82, 2.24) is 9.97 Å². The molecule has 5 heteroatoms. The van der Waals surface area contributed by atoms with Crippen LogP contribution in [-0.2, 0) is 13.0 Å². The summed E-state index contributed by atoms with van der Waals surface area (Å²) in [6.45, 7) is 1.80. The van der Waals surface area contributed by atoms with E-state index in [0.717, 1.165) is 35.8 Å². The molecule has 0 fully saturated rings. The molecule has 0 aliphatic carbocycles. The number of H-pyrrole nitrogens is 1. The number of benzene rings is 2. The van der Waals surface area contributed by atoms with E-state index in [1.54, 1.807) is 0 Å². The molecule has 22 heavy (non-hydrogen) atoms. The Morgan fingerprint density at radius 3 is 3.09 bits per heavy atom. The predicted molar refractivity (Wildman–Crippen MR) is 91.1 cm³/mol. The van der Waals surface area contributed by atoms with Crippen LogP contribution in [0.4, 0.5) is 17.3 Å². The highest BCUT2D eigenvalue weighted by Crippen LogP contribution is 2.23. The highest BCUT2D eigenvalue weighted by atomic mass is 15.1. The number of fused-ring (bicyclic) bond motifs is 2. The van der Waals surface area contributed by atoms with Crippen LogP contribution >= 0.6 is 0 Å². The molecule has 1 aliphatic rings. The summed E-state index contributed by atoms with van der Waals surface area (Å²) in [4.78, 5) is 7.77. The molecule has 1 aliphatic heterocycles. The monoisotopic (exact) mass is 293 g/mol. The SMILES string of the molecule is Nc1ccc2nc(NCc3ccc4c(c3)NCCC4)[nH]c2c1. The fourth-order valence-corrected chi connectivity index (χ4v) is 2.91. The molecule has 0 saturated carbocycles. The maximum atomic E-state index is 5.79. The second kappa shape index (κ2) is 5.26. The van der Waals surface area contributed by atoms with E-state index >= 15 is 0 Å². The van der Waals surface area contributed by atoms with Crippen LogP contribution in [0.2, 0.25) is 0 Å². The predicted octanol–water partition coefficient (Wildman–Crippen LogP) is 3.12. The zero-order valence-corrected chi connectivity index (χ0v) is 12.3. The number of hydrogen-bond acceptors (Lipinski definition) is 4. The van der Waals surface area contributed by atoms with Gasteiger partial charge in [0.1, 0.15) is 0 Å². The number of nitrogens with one attached hydrogen (secondary N) is 3. The standard InChI is InChI=1S/C17H19N5/c18-13-5-6-14-16(9-13)22-17(21-14)20-10-11-3-4-12-2-1-7-19-15(12)8-11/h3-6,8-9,19H,1-2,7,10,18H2,(H2,20,21,22). The summed E-state index contributed by atoms with van der Waals surface area (Å²) in [5.74, 6) is 0.770. The lowest BCUT2D eigenvalue weighted by atomic mass is 10.0. The van der Waals surface area contributed by atoms with Crippen LogP contribution in [0.5, 0.6) is 0 Å². The van der Waals surface area contributed by atoms with Crippen LogP contribution in [0.15, 0.2) is 36.4 Å². The van der Waals surface area contributed by atoms with E-state index in [2.05, 4.69) is 38.8 Å². The van der Waals surface area contributed by atoms with Crippen molar-refractivity contribution in [2.45, 2.75) is 19.4 Å². The van der Waals surface area contributed by atoms with Crippen molar-refractivity contribution in [3.8, 4) is 0 Å². The first-order chi connectivity index (χ1) is 10.8. The van der Waals surface area contributed by atoms with Crippen molar-refractivity contribution in [3.05, 3.63) is 47.5 Å². The van der Waals surface area contributed by atoms with Crippen LogP contribution in [0.3, 0.4) is 0 Å². The zero-order chi connectivity index (χ0) is 14.9. The van der Waals surface area contributed by atoms with Gasteiger partial charge in [0.05, 0.1) is 11.0 Å². The third kappa shape index (κ3) is 2.45. The molecule has 2 aromatic carbocycles. The molecule has 0 saturated heterocycles. The molecule has 2 heterocycles. The molecule has 0 atom stereocenters. The summed E-state index contributed by atoms with van der Waals surface area (Å²) in [5, 5.41) is 6.81. The van der Waals surface area contributed by atoms with Gasteiger partial charge >= 0.3 is 0 Å². The average Bonchev–Trinajstić information content (AvgIpc) is 2.94. The Labute approximate surface area is 128 Å². The van der Waals surface area contributed by atoms with Crippen LogP contribution in [0.1, 0.15) is 17.5 Å². The van der Waals surface area contributed by atoms with Crippen molar-refractivity contribution < 1.29 is 0 Å². The Hall–Kier alpha value is -2.69. The third-order valence-electron chi connectivity index (χ3n) is 4.08. The van der Waals surface area contributed by atoms with Crippen molar-refractivity contribution in [2.24, 2.45) is 0 Å². The zero-order valence-electron chi connectivity index (χ0n) is 12.3. The van der Waals surface area contributed by atoms with Crippen LogP contribution in [-0.4, -0.2) is 16.5 Å². The Bertz CT molecular complexity index is 821. The molecule has 0 bridgehead atoms. The smallest absolute Gasteiger partial charge is 0.201 e. The quantitative estimate of drug-likeness (QED) is 0.559. The minimum atomic E-state index is 0.739. The van der Waals surface area contributed by atoms with Gasteiger partial charge < -0.3 is 21.4 Å². The van der Waals surface area contributed by atoms with Gasteiger partial charge in [0.15, 0.2) is 0 Å². The van der Waals surface area contributed by atoms with Gasteiger partial charge in [0.25, 0.3) is 0 Å². The first-order valence-corrected chi connectivity index (χ1v) is 7.63.